The molecule has 1 aromatic rings. The monoisotopic (exact) mass is 277 g/mol. The van der Waals surface area contributed by atoms with E-state index in [1.165, 1.54) is 11.9 Å². The zero-order valence-corrected chi connectivity index (χ0v) is 11.3. The predicted molar refractivity (Wildman–Crippen MR) is 68.4 cm³/mol. The van der Waals surface area contributed by atoms with Gasteiger partial charge in [0.25, 0.3) is 0 Å². The van der Waals surface area contributed by atoms with Gasteiger partial charge in [-0.15, -0.1) is 0 Å². The molecule has 2 N–H and O–H groups in total. The molecule has 4 nitrogen and oxygen atoms in total. The molecule has 1 rings (SSSR count). The highest BCUT2D eigenvalue weighted by Crippen LogP contribution is 2.33. The summed E-state index contributed by atoms with van der Waals surface area (Å²) in [5, 5.41) is 11.9. The van der Waals surface area contributed by atoms with Crippen molar-refractivity contribution in [2.24, 2.45) is 0 Å². The predicted octanol–water partition coefficient (Wildman–Crippen LogP) is 2.35. The second-order valence-corrected chi connectivity index (χ2v) is 4.88. The third-order valence-corrected chi connectivity index (χ3v) is 3.03. The largest absolute Gasteiger partial charge is 0.416 e. The molecule has 7 heteroatoms. The third kappa shape index (κ3) is 3.50. The lowest BCUT2D eigenvalue weighted by Gasteiger charge is -2.35. The molecule has 0 unspecified atom stereocenters. The fraction of sp³-hybridized carbons (Fsp3) is 0.583. The number of likely N-dealkylation sites (N-methyl/N-ethyl adjacent to an activating group) is 1. The van der Waals surface area contributed by atoms with Crippen molar-refractivity contribution in [1.29, 1.82) is 0 Å². The molecule has 0 saturated carbocycles. The van der Waals surface area contributed by atoms with Gasteiger partial charge in [0.05, 0.1) is 17.7 Å². The lowest BCUT2D eigenvalue weighted by Crippen LogP contribution is -2.45. The Morgan fingerprint density at radius 1 is 1.32 bits per heavy atom. The molecular weight excluding hydrogens is 259 g/mol. The van der Waals surface area contributed by atoms with Gasteiger partial charge in [-0.3, -0.25) is 0 Å². The van der Waals surface area contributed by atoms with Gasteiger partial charge < -0.3 is 15.3 Å². The minimum Gasteiger partial charge on any atom is -0.394 e. The summed E-state index contributed by atoms with van der Waals surface area (Å²) in [5.41, 5.74) is -1.48. The molecule has 0 aliphatic heterocycles. The molecule has 0 atom stereocenters. The Balaban J connectivity index is 3.28. The lowest BCUT2D eigenvalue weighted by atomic mass is 10.0. The number of aromatic nitrogens is 1. The van der Waals surface area contributed by atoms with Crippen LogP contribution in [0.25, 0.3) is 0 Å². The van der Waals surface area contributed by atoms with Crippen LogP contribution in [-0.2, 0) is 6.18 Å². The van der Waals surface area contributed by atoms with Gasteiger partial charge in [0.15, 0.2) is 0 Å². The first-order valence-corrected chi connectivity index (χ1v) is 5.73. The highest BCUT2D eigenvalue weighted by atomic mass is 19.4. The van der Waals surface area contributed by atoms with Crippen LogP contribution >= 0.6 is 0 Å². The summed E-state index contributed by atoms with van der Waals surface area (Å²) in [6.07, 6.45) is -4.44. The van der Waals surface area contributed by atoms with E-state index >= 15 is 0 Å². The molecule has 1 heterocycles. The molecule has 0 aliphatic rings. The van der Waals surface area contributed by atoms with Crippen LogP contribution in [0.15, 0.2) is 12.1 Å². The van der Waals surface area contributed by atoms with Crippen molar-refractivity contribution in [2.75, 3.05) is 30.9 Å². The minimum atomic E-state index is -4.44. The van der Waals surface area contributed by atoms with Crippen molar-refractivity contribution >= 4 is 11.6 Å². The maximum atomic E-state index is 12.8. The fourth-order valence-corrected chi connectivity index (χ4v) is 1.40. The molecule has 1 aromatic heterocycles. The summed E-state index contributed by atoms with van der Waals surface area (Å²) < 4.78 is 38.4. The third-order valence-electron chi connectivity index (χ3n) is 3.03. The van der Waals surface area contributed by atoms with Gasteiger partial charge in [0.1, 0.15) is 11.6 Å². The van der Waals surface area contributed by atoms with E-state index in [1.54, 1.807) is 20.9 Å². The summed E-state index contributed by atoms with van der Waals surface area (Å²) in [6, 6.07) is 1.92. The number of anilines is 2. The van der Waals surface area contributed by atoms with Gasteiger partial charge in [-0.2, -0.15) is 13.2 Å². The molecule has 0 aliphatic carbocycles. The number of halogens is 3. The SMILES string of the molecule is CNc1cc(C(F)(F)F)cc(N(C)C(C)(C)CO)n1. The average molecular weight is 277 g/mol. The van der Waals surface area contributed by atoms with Crippen LogP contribution in [0.5, 0.6) is 0 Å². The second kappa shape index (κ2) is 5.24. The van der Waals surface area contributed by atoms with E-state index in [1.807, 2.05) is 0 Å². The molecular formula is C12H18F3N3O. The van der Waals surface area contributed by atoms with Crippen LogP contribution in [0.1, 0.15) is 19.4 Å². The minimum absolute atomic E-state index is 0.130. The number of rotatable bonds is 4. The van der Waals surface area contributed by atoms with Crippen molar-refractivity contribution < 1.29 is 18.3 Å². The first kappa shape index (κ1) is 15.6. The van der Waals surface area contributed by atoms with Crippen LogP contribution in [0.3, 0.4) is 0 Å². The molecule has 108 valence electrons. The summed E-state index contributed by atoms with van der Waals surface area (Å²) >= 11 is 0. The molecule has 0 spiro atoms. The first-order chi connectivity index (χ1) is 8.61. The van der Waals surface area contributed by atoms with Gasteiger partial charge in [-0.25, -0.2) is 4.98 Å². The van der Waals surface area contributed by atoms with E-state index in [2.05, 4.69) is 10.3 Å². The Kier molecular flexibility index (Phi) is 4.29. The number of hydrogen-bond donors (Lipinski definition) is 2. The molecule has 0 fully saturated rings. The van der Waals surface area contributed by atoms with Crippen LogP contribution < -0.4 is 10.2 Å². The van der Waals surface area contributed by atoms with Crippen LogP contribution in [0.2, 0.25) is 0 Å². The van der Waals surface area contributed by atoms with E-state index in [0.717, 1.165) is 12.1 Å². The van der Waals surface area contributed by atoms with Crippen LogP contribution in [-0.4, -0.2) is 36.3 Å². The zero-order valence-electron chi connectivity index (χ0n) is 11.3. The molecule has 0 radical (unpaired) electrons. The van der Waals surface area contributed by atoms with Crippen molar-refractivity contribution in [3.8, 4) is 0 Å². The molecule has 19 heavy (non-hydrogen) atoms. The van der Waals surface area contributed by atoms with E-state index in [0.29, 0.717) is 0 Å². The average Bonchev–Trinajstić information content (AvgIpc) is 2.36. The van der Waals surface area contributed by atoms with Gasteiger partial charge >= 0.3 is 6.18 Å². The fourth-order valence-electron chi connectivity index (χ4n) is 1.40. The number of aliphatic hydroxyl groups is 1. The number of pyridine rings is 1. The molecule has 0 amide bonds. The van der Waals surface area contributed by atoms with Crippen LogP contribution in [0.4, 0.5) is 24.8 Å². The van der Waals surface area contributed by atoms with Gasteiger partial charge in [0, 0.05) is 14.1 Å². The zero-order chi connectivity index (χ0) is 14.8. The quantitative estimate of drug-likeness (QED) is 0.887. The van der Waals surface area contributed by atoms with Gasteiger partial charge in [-0.05, 0) is 26.0 Å². The smallest absolute Gasteiger partial charge is 0.394 e. The topological polar surface area (TPSA) is 48.4 Å². The number of nitrogens with one attached hydrogen (secondary N) is 1. The van der Waals surface area contributed by atoms with E-state index in [9.17, 15) is 18.3 Å². The Morgan fingerprint density at radius 2 is 1.89 bits per heavy atom. The number of nitrogens with zero attached hydrogens (tertiary/aromatic N) is 2. The number of aliphatic hydroxyl groups excluding tert-OH is 1. The Bertz CT molecular complexity index is 446. The van der Waals surface area contributed by atoms with Gasteiger partial charge in [-0.1, -0.05) is 0 Å². The summed E-state index contributed by atoms with van der Waals surface area (Å²) in [7, 11) is 3.10. The summed E-state index contributed by atoms with van der Waals surface area (Å²) in [5.74, 6) is 0.281. The van der Waals surface area contributed by atoms with Crippen molar-refractivity contribution in [3.63, 3.8) is 0 Å². The van der Waals surface area contributed by atoms with Gasteiger partial charge in [0.2, 0.25) is 0 Å². The van der Waals surface area contributed by atoms with Crippen molar-refractivity contribution in [3.05, 3.63) is 17.7 Å². The van der Waals surface area contributed by atoms with E-state index < -0.39 is 17.3 Å². The molecule has 0 aromatic carbocycles. The highest BCUT2D eigenvalue weighted by molar-refractivity contribution is 5.52. The standard InChI is InChI=1S/C12H18F3N3O/c1-11(2,7-19)18(4)10-6-8(12(13,14)15)5-9(16-3)17-10/h5-6,19H,7H2,1-4H3,(H,16,17). The maximum Gasteiger partial charge on any atom is 0.416 e. The first-order valence-electron chi connectivity index (χ1n) is 5.73. The number of alkyl halides is 3. The van der Waals surface area contributed by atoms with Crippen molar-refractivity contribution in [1.82, 2.24) is 4.98 Å². The Labute approximate surface area is 110 Å². The lowest BCUT2D eigenvalue weighted by molar-refractivity contribution is -0.137. The molecule has 0 saturated heterocycles. The van der Waals surface area contributed by atoms with Crippen LogP contribution in [0, 0.1) is 0 Å². The van der Waals surface area contributed by atoms with E-state index in [4.69, 9.17) is 0 Å². The van der Waals surface area contributed by atoms with E-state index in [-0.39, 0.29) is 18.2 Å². The normalized spacial score (nSPS) is 12.4. The van der Waals surface area contributed by atoms with Crippen molar-refractivity contribution in [2.45, 2.75) is 25.6 Å². The highest BCUT2D eigenvalue weighted by Gasteiger charge is 2.33. The summed E-state index contributed by atoms with van der Waals surface area (Å²) in [4.78, 5) is 5.60. The Morgan fingerprint density at radius 3 is 2.32 bits per heavy atom. The second-order valence-electron chi connectivity index (χ2n) is 4.88. The maximum absolute atomic E-state index is 12.8. The Hall–Kier alpha value is -1.50. The molecule has 0 bridgehead atoms. The number of hydrogen-bond acceptors (Lipinski definition) is 4. The summed E-state index contributed by atoms with van der Waals surface area (Å²) in [6.45, 7) is 3.23.